The SMILES string of the molecule is CC/C=C\C/C=C\C/C=C\C/C=C\C/C=C\C/C=C\C/C=C\C/C=C\C/C=C\C/C=C\CCCCC(=O)OC(COC(=O)CCCCCCCCCCCCCCCCCCCCC/C=C\CCCCCCCCCC)COP(=O)(O)OCC[N+](C)(C)C. The summed E-state index contributed by atoms with van der Waals surface area (Å²) >= 11 is 0. The summed E-state index contributed by atoms with van der Waals surface area (Å²) in [5.74, 6) is -0.848. The van der Waals surface area contributed by atoms with Gasteiger partial charge in [-0.2, -0.15) is 0 Å². The number of nitrogens with zero attached hydrogens (tertiary/aromatic N) is 1. The second-order valence-electron chi connectivity index (χ2n) is 24.9. The van der Waals surface area contributed by atoms with E-state index in [4.69, 9.17) is 18.5 Å². The number of phosphoric acid groups is 1. The van der Waals surface area contributed by atoms with Gasteiger partial charge in [0.2, 0.25) is 0 Å². The molecule has 9 nitrogen and oxygen atoms in total. The van der Waals surface area contributed by atoms with Crippen LogP contribution in [0.3, 0.4) is 0 Å². The van der Waals surface area contributed by atoms with E-state index in [1.807, 2.05) is 21.1 Å². The molecule has 0 heterocycles. The van der Waals surface area contributed by atoms with Crippen LogP contribution in [0.15, 0.2) is 134 Å². The minimum Gasteiger partial charge on any atom is -0.462 e. The molecule has 504 valence electrons. The molecular weight excluding hydrogens is 1110 g/mol. The second-order valence-corrected chi connectivity index (χ2v) is 26.3. The molecule has 0 aliphatic rings. The summed E-state index contributed by atoms with van der Waals surface area (Å²) in [5, 5.41) is 0. The van der Waals surface area contributed by atoms with E-state index < -0.39 is 26.5 Å². The maximum absolute atomic E-state index is 12.9. The fourth-order valence-corrected chi connectivity index (χ4v) is 10.4. The summed E-state index contributed by atoms with van der Waals surface area (Å²) in [5.41, 5.74) is 0. The number of likely N-dealkylation sites (N-methyl/N-ethyl adjacent to an activating group) is 1. The molecule has 0 bridgehead atoms. The maximum atomic E-state index is 12.9. The van der Waals surface area contributed by atoms with Crippen molar-refractivity contribution in [3.05, 3.63) is 134 Å². The van der Waals surface area contributed by atoms with Gasteiger partial charge in [0.25, 0.3) is 0 Å². The summed E-state index contributed by atoms with van der Waals surface area (Å²) in [6.45, 7) is 4.28. The largest absolute Gasteiger partial charge is 0.472 e. The number of carbonyl (C=O) groups is 2. The van der Waals surface area contributed by atoms with Crippen LogP contribution in [-0.4, -0.2) is 74.9 Å². The number of esters is 2. The third kappa shape index (κ3) is 71.2. The highest BCUT2D eigenvalue weighted by atomic mass is 31.2. The molecule has 0 rings (SSSR count). The monoisotopic (exact) mass is 1240 g/mol. The standard InChI is InChI=1S/C78H134NO8P/c1-6-8-10-12-14-16-18-20-22-24-26-28-30-32-34-36-38-39-41-43-45-47-49-51-53-55-57-59-61-63-65-67-69-71-78(81)87-76(75-86-88(82,83)85-73-72-79(3,4)5)74-84-77(80)70-68-66-64-62-60-58-56-54-52-50-48-46-44-42-40-37-35-33-31-29-27-25-23-21-19-17-15-13-11-9-7-2/h8,10,14,16,20,22,25-28,32,34,38-39,43,45,49,51,55,57,61,63,76H,6-7,9,11-13,15,17-19,21,23-24,29-31,33,35-37,40-42,44,46-48,50,52-54,56,58-60,62,64-75H2,1-5H3/p+1/b10-8-,16-14-,22-20-,27-25-,28-26-,34-32-,39-38-,45-43-,51-49-,57-55-,63-61-. The number of phosphoric ester groups is 1. The number of hydrogen-bond acceptors (Lipinski definition) is 7. The maximum Gasteiger partial charge on any atom is 0.472 e. The number of allylic oxidation sites excluding steroid dienone is 22. The van der Waals surface area contributed by atoms with Gasteiger partial charge in [-0.3, -0.25) is 18.6 Å². The Morgan fingerprint density at radius 2 is 0.648 bits per heavy atom. The average Bonchev–Trinajstić information content (AvgIpc) is 3.56. The van der Waals surface area contributed by atoms with E-state index in [0.29, 0.717) is 17.4 Å². The van der Waals surface area contributed by atoms with E-state index in [2.05, 4.69) is 148 Å². The van der Waals surface area contributed by atoms with Crippen molar-refractivity contribution in [2.24, 2.45) is 0 Å². The third-order valence-electron chi connectivity index (χ3n) is 15.2. The van der Waals surface area contributed by atoms with Crippen molar-refractivity contribution in [2.45, 2.75) is 302 Å². The minimum atomic E-state index is -4.41. The van der Waals surface area contributed by atoms with Crippen molar-refractivity contribution in [3.8, 4) is 0 Å². The Morgan fingerprint density at radius 3 is 1.00 bits per heavy atom. The summed E-state index contributed by atoms with van der Waals surface area (Å²) in [6, 6.07) is 0. The zero-order valence-electron chi connectivity index (χ0n) is 57.4. The van der Waals surface area contributed by atoms with E-state index in [0.717, 1.165) is 96.3 Å². The van der Waals surface area contributed by atoms with Gasteiger partial charge in [-0.05, 0) is 116 Å². The lowest BCUT2D eigenvalue weighted by Crippen LogP contribution is -2.37. The zero-order valence-corrected chi connectivity index (χ0v) is 58.3. The van der Waals surface area contributed by atoms with Crippen LogP contribution in [0, 0.1) is 0 Å². The zero-order chi connectivity index (χ0) is 64.1. The van der Waals surface area contributed by atoms with Crippen molar-refractivity contribution >= 4 is 19.8 Å². The molecule has 88 heavy (non-hydrogen) atoms. The highest BCUT2D eigenvalue weighted by Crippen LogP contribution is 2.43. The molecule has 0 aliphatic carbocycles. The molecule has 0 amide bonds. The van der Waals surface area contributed by atoms with E-state index in [1.54, 1.807) is 0 Å². The van der Waals surface area contributed by atoms with Crippen LogP contribution in [0.1, 0.15) is 296 Å². The summed E-state index contributed by atoms with van der Waals surface area (Å²) in [7, 11) is 1.44. The lowest BCUT2D eigenvalue weighted by Gasteiger charge is -2.24. The van der Waals surface area contributed by atoms with Gasteiger partial charge in [-0.25, -0.2) is 4.57 Å². The first-order valence-electron chi connectivity index (χ1n) is 35.9. The molecule has 0 aromatic rings. The normalized spacial score (nSPS) is 13.9. The van der Waals surface area contributed by atoms with Crippen LogP contribution in [0.4, 0.5) is 0 Å². The number of ether oxygens (including phenoxy) is 2. The van der Waals surface area contributed by atoms with Crippen LogP contribution in [0.25, 0.3) is 0 Å². The number of rotatable bonds is 65. The molecule has 2 atom stereocenters. The van der Waals surface area contributed by atoms with Crippen LogP contribution in [-0.2, 0) is 32.7 Å². The third-order valence-corrected chi connectivity index (χ3v) is 16.1. The number of hydrogen-bond donors (Lipinski definition) is 1. The fourth-order valence-electron chi connectivity index (χ4n) is 9.69. The van der Waals surface area contributed by atoms with Gasteiger partial charge in [0.15, 0.2) is 6.10 Å². The molecule has 0 aliphatic heterocycles. The van der Waals surface area contributed by atoms with Gasteiger partial charge in [0, 0.05) is 12.8 Å². The average molecular weight is 1250 g/mol. The molecule has 2 unspecified atom stereocenters. The molecule has 0 saturated carbocycles. The molecule has 1 N–H and O–H groups in total. The van der Waals surface area contributed by atoms with Gasteiger partial charge in [0.05, 0.1) is 27.7 Å². The molecule has 0 spiro atoms. The molecule has 0 saturated heterocycles. The van der Waals surface area contributed by atoms with Gasteiger partial charge in [-0.15, -0.1) is 0 Å². The van der Waals surface area contributed by atoms with Gasteiger partial charge >= 0.3 is 19.8 Å². The van der Waals surface area contributed by atoms with Crippen molar-refractivity contribution in [1.29, 1.82) is 0 Å². The van der Waals surface area contributed by atoms with Crippen molar-refractivity contribution < 1.29 is 42.1 Å². The Hall–Kier alpha value is -3.85. The topological polar surface area (TPSA) is 108 Å². The Labute approximate surface area is 542 Å². The first-order valence-corrected chi connectivity index (χ1v) is 37.4. The van der Waals surface area contributed by atoms with Crippen LogP contribution >= 0.6 is 7.82 Å². The van der Waals surface area contributed by atoms with Crippen molar-refractivity contribution in [1.82, 2.24) is 0 Å². The number of quaternary nitrogens is 1. The predicted octanol–water partition coefficient (Wildman–Crippen LogP) is 23.6. The fraction of sp³-hybridized carbons (Fsp3) is 0.692. The van der Waals surface area contributed by atoms with Gasteiger partial charge in [-0.1, -0.05) is 302 Å². The van der Waals surface area contributed by atoms with E-state index in [1.165, 1.54) is 167 Å². The first kappa shape index (κ1) is 84.2. The Bertz CT molecular complexity index is 1950. The predicted molar refractivity (Wildman–Crippen MR) is 381 cm³/mol. The first-order chi connectivity index (χ1) is 43.0. The molecule has 0 aromatic carbocycles. The summed E-state index contributed by atoms with van der Waals surface area (Å²) in [4.78, 5) is 35.9. The molecule has 10 heteroatoms. The van der Waals surface area contributed by atoms with Crippen LogP contribution in [0.5, 0.6) is 0 Å². The van der Waals surface area contributed by atoms with Crippen LogP contribution < -0.4 is 0 Å². The lowest BCUT2D eigenvalue weighted by atomic mass is 10.0. The van der Waals surface area contributed by atoms with Gasteiger partial charge in [0.1, 0.15) is 19.8 Å². The quantitative estimate of drug-likeness (QED) is 0.0211. The highest BCUT2D eigenvalue weighted by Gasteiger charge is 2.27. The van der Waals surface area contributed by atoms with E-state index in [9.17, 15) is 19.0 Å². The summed E-state index contributed by atoms with van der Waals surface area (Å²) in [6.07, 6.45) is 98.6. The van der Waals surface area contributed by atoms with Crippen molar-refractivity contribution in [2.75, 3.05) is 47.5 Å². The highest BCUT2D eigenvalue weighted by molar-refractivity contribution is 7.47. The van der Waals surface area contributed by atoms with Crippen LogP contribution in [0.2, 0.25) is 0 Å². The molecule has 0 fully saturated rings. The smallest absolute Gasteiger partial charge is 0.462 e. The number of carbonyl (C=O) groups excluding carboxylic acids is 2. The molecular formula is C78H135NO8P+. The van der Waals surface area contributed by atoms with Crippen molar-refractivity contribution in [3.63, 3.8) is 0 Å². The van der Waals surface area contributed by atoms with Gasteiger partial charge < -0.3 is 18.9 Å². The second kappa shape index (κ2) is 67.5. The summed E-state index contributed by atoms with van der Waals surface area (Å²) < 4.78 is 34.7. The molecule has 0 radical (unpaired) electrons. The molecule has 0 aromatic heterocycles. The lowest BCUT2D eigenvalue weighted by molar-refractivity contribution is -0.870. The minimum absolute atomic E-state index is 0.0171. The number of unbranched alkanes of at least 4 members (excludes halogenated alkanes) is 29. The Morgan fingerprint density at radius 1 is 0.364 bits per heavy atom. The Kier molecular flexibility index (Phi) is 64.6. The Balaban J connectivity index is 4.15. The van der Waals surface area contributed by atoms with E-state index >= 15 is 0 Å². The van der Waals surface area contributed by atoms with E-state index in [-0.39, 0.29) is 32.0 Å².